The molecule has 0 unspecified atom stereocenters. The molecule has 0 radical (unpaired) electrons. The van der Waals surface area contributed by atoms with Gasteiger partial charge in [-0.25, -0.2) is 4.98 Å². The quantitative estimate of drug-likeness (QED) is 0.543. The van der Waals surface area contributed by atoms with Gasteiger partial charge in [-0.2, -0.15) is 0 Å². The molecule has 2 aromatic carbocycles. The van der Waals surface area contributed by atoms with Crippen molar-refractivity contribution in [1.29, 1.82) is 0 Å². The van der Waals surface area contributed by atoms with Gasteiger partial charge in [0.2, 0.25) is 5.91 Å². The van der Waals surface area contributed by atoms with Crippen LogP contribution >= 0.6 is 11.3 Å². The maximum absolute atomic E-state index is 13.0. The number of hydrogen-bond donors (Lipinski definition) is 1. The number of nitrogens with one attached hydrogen (secondary N) is 1. The van der Waals surface area contributed by atoms with E-state index in [9.17, 15) is 9.59 Å². The van der Waals surface area contributed by atoms with Gasteiger partial charge >= 0.3 is 0 Å². The Kier molecular flexibility index (Phi) is 5.14. The molecular formula is C22H19N3O3S. The summed E-state index contributed by atoms with van der Waals surface area (Å²) >= 11 is 1.47. The minimum absolute atomic E-state index is 0.123. The smallest absolute Gasteiger partial charge is 0.262 e. The monoisotopic (exact) mass is 405 g/mol. The van der Waals surface area contributed by atoms with E-state index in [1.807, 2.05) is 42.5 Å². The first kappa shape index (κ1) is 18.9. The third-order valence-electron chi connectivity index (χ3n) is 4.58. The maximum Gasteiger partial charge on any atom is 0.262 e. The molecule has 1 N–H and O–H groups in total. The van der Waals surface area contributed by atoms with Crippen molar-refractivity contribution >= 4 is 33.1 Å². The van der Waals surface area contributed by atoms with Gasteiger partial charge < -0.3 is 10.1 Å². The number of carbonyl (C=O) groups excluding carboxylic acids is 1. The van der Waals surface area contributed by atoms with Crippen molar-refractivity contribution in [2.75, 3.05) is 12.4 Å². The SMILES string of the molecule is COc1ccccc1NC(=O)Cn1c(C)nc2sc(-c3ccccc3)cc2c1=O. The first-order valence-corrected chi connectivity index (χ1v) is 9.87. The van der Waals surface area contributed by atoms with Gasteiger partial charge in [-0.05, 0) is 30.7 Å². The number of aryl methyl sites for hydroxylation is 1. The molecule has 0 bridgehead atoms. The van der Waals surface area contributed by atoms with E-state index in [2.05, 4.69) is 10.3 Å². The normalized spacial score (nSPS) is 10.8. The van der Waals surface area contributed by atoms with Crippen LogP contribution in [0.3, 0.4) is 0 Å². The number of nitrogens with zero attached hydrogens (tertiary/aromatic N) is 2. The van der Waals surface area contributed by atoms with Crippen molar-refractivity contribution in [3.05, 3.63) is 76.8 Å². The fourth-order valence-corrected chi connectivity index (χ4v) is 4.20. The summed E-state index contributed by atoms with van der Waals surface area (Å²) in [6, 6.07) is 18.8. The second-order valence-electron chi connectivity index (χ2n) is 6.49. The average Bonchev–Trinajstić information content (AvgIpc) is 3.16. The van der Waals surface area contributed by atoms with E-state index in [0.29, 0.717) is 27.5 Å². The first-order valence-electron chi connectivity index (χ1n) is 9.06. The second-order valence-corrected chi connectivity index (χ2v) is 7.52. The molecule has 29 heavy (non-hydrogen) atoms. The highest BCUT2D eigenvalue weighted by Crippen LogP contribution is 2.31. The van der Waals surface area contributed by atoms with Crippen LogP contribution in [-0.4, -0.2) is 22.6 Å². The van der Waals surface area contributed by atoms with E-state index in [1.165, 1.54) is 15.9 Å². The van der Waals surface area contributed by atoms with Crippen molar-refractivity contribution < 1.29 is 9.53 Å². The van der Waals surface area contributed by atoms with Crippen LogP contribution in [0.5, 0.6) is 5.75 Å². The van der Waals surface area contributed by atoms with E-state index in [4.69, 9.17) is 4.74 Å². The van der Waals surface area contributed by atoms with Crippen molar-refractivity contribution in [2.24, 2.45) is 0 Å². The molecule has 4 aromatic rings. The van der Waals surface area contributed by atoms with Crippen LogP contribution in [0.15, 0.2) is 65.5 Å². The van der Waals surface area contributed by atoms with Gasteiger partial charge in [0.1, 0.15) is 22.9 Å². The fraction of sp³-hybridized carbons (Fsp3) is 0.136. The standard InChI is InChI=1S/C22H19N3O3S/c1-14-23-21-16(12-19(29-21)15-8-4-3-5-9-15)22(27)25(14)13-20(26)24-17-10-6-7-11-18(17)28-2/h3-12H,13H2,1-2H3,(H,24,26). The molecule has 6 nitrogen and oxygen atoms in total. The third kappa shape index (κ3) is 3.77. The number of carbonyl (C=O) groups is 1. The van der Waals surface area contributed by atoms with Crippen molar-refractivity contribution in [2.45, 2.75) is 13.5 Å². The van der Waals surface area contributed by atoms with Crippen LogP contribution in [0.1, 0.15) is 5.82 Å². The first-order chi connectivity index (χ1) is 14.1. The lowest BCUT2D eigenvalue weighted by atomic mass is 10.2. The lowest BCUT2D eigenvalue weighted by Crippen LogP contribution is -2.30. The molecule has 0 saturated carbocycles. The third-order valence-corrected chi connectivity index (χ3v) is 5.66. The van der Waals surface area contributed by atoms with Crippen LogP contribution in [0.2, 0.25) is 0 Å². The van der Waals surface area contributed by atoms with Crippen molar-refractivity contribution in [3.8, 4) is 16.2 Å². The van der Waals surface area contributed by atoms with Gasteiger partial charge in [0, 0.05) is 4.88 Å². The number of anilines is 1. The summed E-state index contributed by atoms with van der Waals surface area (Å²) in [5, 5.41) is 3.31. The summed E-state index contributed by atoms with van der Waals surface area (Å²) in [5.41, 5.74) is 1.37. The summed E-state index contributed by atoms with van der Waals surface area (Å²) < 4.78 is 6.65. The molecule has 146 valence electrons. The number of benzene rings is 2. The molecule has 0 aliphatic carbocycles. The lowest BCUT2D eigenvalue weighted by molar-refractivity contribution is -0.116. The zero-order valence-corrected chi connectivity index (χ0v) is 16.8. The van der Waals surface area contributed by atoms with E-state index in [1.54, 1.807) is 32.2 Å². The summed E-state index contributed by atoms with van der Waals surface area (Å²) in [7, 11) is 1.54. The number of rotatable bonds is 5. The van der Waals surface area contributed by atoms with E-state index in [-0.39, 0.29) is 18.0 Å². The lowest BCUT2D eigenvalue weighted by Gasteiger charge is -2.12. The number of fused-ring (bicyclic) bond motifs is 1. The number of thiophene rings is 1. The number of hydrogen-bond acceptors (Lipinski definition) is 5. The molecular weight excluding hydrogens is 386 g/mol. The molecule has 0 spiro atoms. The van der Waals surface area contributed by atoms with Gasteiger partial charge in [-0.1, -0.05) is 42.5 Å². The second kappa shape index (κ2) is 7.89. The highest BCUT2D eigenvalue weighted by molar-refractivity contribution is 7.21. The number of aromatic nitrogens is 2. The van der Waals surface area contributed by atoms with Crippen molar-refractivity contribution in [3.63, 3.8) is 0 Å². The molecule has 0 aliphatic rings. The highest BCUT2D eigenvalue weighted by Gasteiger charge is 2.15. The van der Waals surface area contributed by atoms with Crippen LogP contribution < -0.4 is 15.6 Å². The molecule has 4 rings (SSSR count). The van der Waals surface area contributed by atoms with Crippen LogP contribution in [0.4, 0.5) is 5.69 Å². The largest absolute Gasteiger partial charge is 0.495 e. The van der Waals surface area contributed by atoms with Gasteiger partial charge in [0.05, 0.1) is 18.2 Å². The number of para-hydroxylation sites is 2. The Bertz CT molecular complexity index is 1250. The van der Waals surface area contributed by atoms with Crippen LogP contribution in [0, 0.1) is 6.92 Å². The summed E-state index contributed by atoms with van der Waals surface area (Å²) in [5.74, 6) is 0.738. The predicted molar refractivity (Wildman–Crippen MR) is 116 cm³/mol. The topological polar surface area (TPSA) is 73.2 Å². The number of methoxy groups -OCH3 is 1. The van der Waals surface area contributed by atoms with E-state index in [0.717, 1.165) is 10.4 Å². The Morgan fingerprint density at radius 3 is 2.62 bits per heavy atom. The minimum atomic E-state index is -0.320. The molecule has 0 fully saturated rings. The van der Waals surface area contributed by atoms with Gasteiger partial charge in [-0.3, -0.25) is 14.2 Å². The zero-order chi connectivity index (χ0) is 20.4. The molecule has 2 heterocycles. The highest BCUT2D eigenvalue weighted by atomic mass is 32.1. The summed E-state index contributed by atoms with van der Waals surface area (Å²) in [4.78, 5) is 31.8. The van der Waals surface area contributed by atoms with E-state index >= 15 is 0 Å². The number of amides is 1. The van der Waals surface area contributed by atoms with Crippen LogP contribution in [0.25, 0.3) is 20.7 Å². The molecule has 2 aromatic heterocycles. The predicted octanol–water partition coefficient (Wildman–Crippen LogP) is 4.08. The Hall–Kier alpha value is -3.45. The molecule has 1 amide bonds. The maximum atomic E-state index is 13.0. The molecule has 0 saturated heterocycles. The molecule has 0 atom stereocenters. The minimum Gasteiger partial charge on any atom is -0.495 e. The number of ether oxygens (including phenoxy) is 1. The van der Waals surface area contributed by atoms with Gasteiger partial charge in [0.15, 0.2) is 0 Å². The Balaban J connectivity index is 1.65. The summed E-state index contributed by atoms with van der Waals surface area (Å²) in [6.07, 6.45) is 0. The summed E-state index contributed by atoms with van der Waals surface area (Å²) in [6.45, 7) is 1.61. The average molecular weight is 405 g/mol. The Labute approximate surface area is 171 Å². The Morgan fingerprint density at radius 2 is 1.86 bits per heavy atom. The molecule has 7 heteroatoms. The van der Waals surface area contributed by atoms with E-state index < -0.39 is 0 Å². The molecule has 0 aliphatic heterocycles. The fourth-order valence-electron chi connectivity index (χ4n) is 3.13. The zero-order valence-electron chi connectivity index (χ0n) is 16.0. The Morgan fingerprint density at radius 1 is 1.14 bits per heavy atom. The van der Waals surface area contributed by atoms with Gasteiger partial charge in [0.25, 0.3) is 5.56 Å². The van der Waals surface area contributed by atoms with Crippen LogP contribution in [-0.2, 0) is 11.3 Å². The van der Waals surface area contributed by atoms with Crippen molar-refractivity contribution in [1.82, 2.24) is 9.55 Å². The van der Waals surface area contributed by atoms with Gasteiger partial charge in [-0.15, -0.1) is 11.3 Å².